The van der Waals surface area contributed by atoms with Crippen molar-refractivity contribution in [2.75, 3.05) is 5.32 Å². The summed E-state index contributed by atoms with van der Waals surface area (Å²) in [7, 11) is -3.81. The number of furan rings is 1. The molecule has 0 saturated carbocycles. The molecule has 7 nitrogen and oxygen atoms in total. The molecule has 1 aliphatic rings. The van der Waals surface area contributed by atoms with Crippen molar-refractivity contribution in [3.8, 4) is 0 Å². The van der Waals surface area contributed by atoms with E-state index in [0.29, 0.717) is 46.2 Å². The highest BCUT2D eigenvalue weighted by atomic mass is 35.5. The number of nitrogens with one attached hydrogen (secondary N) is 2. The van der Waals surface area contributed by atoms with Gasteiger partial charge in [-0.3, -0.25) is 4.79 Å². The van der Waals surface area contributed by atoms with Crippen molar-refractivity contribution >= 4 is 38.9 Å². The van der Waals surface area contributed by atoms with Crippen molar-refractivity contribution in [1.82, 2.24) is 4.83 Å². The van der Waals surface area contributed by atoms with E-state index < -0.39 is 15.9 Å². The van der Waals surface area contributed by atoms with Crippen molar-refractivity contribution in [2.45, 2.75) is 44.9 Å². The third-order valence-corrected chi connectivity index (χ3v) is 7.31. The smallest absolute Gasteiger partial charge is 0.291 e. The van der Waals surface area contributed by atoms with E-state index in [-0.39, 0.29) is 10.7 Å². The van der Waals surface area contributed by atoms with Crippen LogP contribution in [0.15, 0.2) is 56.9 Å². The Balaban J connectivity index is 1.61. The van der Waals surface area contributed by atoms with Crippen LogP contribution in [0.4, 0.5) is 5.69 Å². The number of carbonyl (C=O) groups is 1. The Morgan fingerprint density at radius 3 is 2.48 bits per heavy atom. The van der Waals surface area contributed by atoms with Gasteiger partial charge in [0.15, 0.2) is 5.76 Å². The number of amides is 1. The number of benzene rings is 2. The molecule has 0 bridgehead atoms. The van der Waals surface area contributed by atoms with Gasteiger partial charge >= 0.3 is 0 Å². The van der Waals surface area contributed by atoms with Crippen molar-refractivity contribution in [3.05, 3.63) is 81.3 Å². The third kappa shape index (κ3) is 4.67. The number of fused-ring (bicyclic) bond motifs is 1. The van der Waals surface area contributed by atoms with Crippen LogP contribution in [0.5, 0.6) is 0 Å². The number of carbonyl (C=O) groups excluding carboxylic acids is 1. The lowest BCUT2D eigenvalue weighted by molar-refractivity contribution is 0.0994. The molecule has 1 aliphatic carbocycles. The second kappa shape index (κ2) is 9.03. The molecule has 1 heterocycles. The minimum Gasteiger partial charge on any atom is -0.455 e. The van der Waals surface area contributed by atoms with Crippen LogP contribution >= 0.6 is 11.6 Å². The van der Waals surface area contributed by atoms with Crippen LogP contribution in [0.25, 0.3) is 0 Å². The molecule has 0 radical (unpaired) electrons. The van der Waals surface area contributed by atoms with Crippen LogP contribution in [0.3, 0.4) is 0 Å². The summed E-state index contributed by atoms with van der Waals surface area (Å²) in [6.45, 7) is 5.48. The largest absolute Gasteiger partial charge is 0.455 e. The molecule has 0 atom stereocenters. The van der Waals surface area contributed by atoms with E-state index in [2.05, 4.69) is 15.2 Å². The average Bonchev–Trinajstić information content (AvgIpc) is 3.13. The highest BCUT2D eigenvalue weighted by Gasteiger charge is 2.28. The zero-order chi connectivity index (χ0) is 23.8. The summed E-state index contributed by atoms with van der Waals surface area (Å²) < 4.78 is 31.2. The van der Waals surface area contributed by atoms with Gasteiger partial charge < -0.3 is 9.73 Å². The standard InChI is InChI=1S/C24H24ClN3O4S/c1-14-10-12-17(13-11-14)33(30,31)28-27-20-8-5-9-21-22(20)16(3)23(32-21)24(29)26-19-7-4-6-18(25)15(19)2/h4,6-7,10-13,28H,5,8-9H2,1-3H3,(H,26,29)/b27-20+. The number of anilines is 1. The molecule has 4 rings (SSSR count). The summed E-state index contributed by atoms with van der Waals surface area (Å²) in [5, 5.41) is 7.61. The Hall–Kier alpha value is -3.10. The molecule has 1 aromatic heterocycles. The molecule has 0 saturated heterocycles. The Labute approximate surface area is 197 Å². The van der Waals surface area contributed by atoms with Crippen molar-refractivity contribution < 1.29 is 17.6 Å². The maximum atomic E-state index is 13.0. The van der Waals surface area contributed by atoms with Crippen LogP contribution in [-0.2, 0) is 16.4 Å². The van der Waals surface area contributed by atoms with Gasteiger partial charge in [-0.15, -0.1) is 0 Å². The fourth-order valence-electron chi connectivity index (χ4n) is 3.80. The van der Waals surface area contributed by atoms with Crippen LogP contribution in [0.1, 0.15) is 51.4 Å². The number of rotatable bonds is 5. The lowest BCUT2D eigenvalue weighted by Gasteiger charge is -2.14. The predicted octanol–water partition coefficient (Wildman–Crippen LogP) is 5.13. The zero-order valence-electron chi connectivity index (χ0n) is 18.5. The molecule has 2 aromatic carbocycles. The van der Waals surface area contributed by atoms with Gasteiger partial charge in [-0.1, -0.05) is 35.4 Å². The van der Waals surface area contributed by atoms with E-state index in [1.54, 1.807) is 37.3 Å². The molecule has 33 heavy (non-hydrogen) atoms. The van der Waals surface area contributed by atoms with Gasteiger partial charge in [-0.25, -0.2) is 0 Å². The molecular formula is C24H24ClN3O4S. The average molecular weight is 486 g/mol. The number of hydrogen-bond donors (Lipinski definition) is 2. The van der Waals surface area contributed by atoms with Crippen molar-refractivity contribution in [1.29, 1.82) is 0 Å². The minimum atomic E-state index is -3.81. The van der Waals surface area contributed by atoms with Gasteiger partial charge in [0.05, 0.1) is 10.6 Å². The second-order valence-corrected chi connectivity index (χ2v) is 10.1. The maximum absolute atomic E-state index is 13.0. The van der Waals surface area contributed by atoms with Gasteiger partial charge in [0.1, 0.15) is 5.76 Å². The summed E-state index contributed by atoms with van der Waals surface area (Å²) in [6.07, 6.45) is 1.95. The number of sulfonamides is 1. The van der Waals surface area contributed by atoms with Crippen LogP contribution in [0.2, 0.25) is 5.02 Å². The Morgan fingerprint density at radius 1 is 1.03 bits per heavy atom. The van der Waals surface area contributed by atoms with Gasteiger partial charge in [0.25, 0.3) is 15.9 Å². The third-order valence-electron chi connectivity index (χ3n) is 5.68. The molecule has 0 unspecified atom stereocenters. The number of nitrogens with zero attached hydrogens (tertiary/aromatic N) is 1. The summed E-state index contributed by atoms with van der Waals surface area (Å²) in [5.74, 6) is 0.405. The van der Waals surface area contributed by atoms with E-state index in [1.165, 1.54) is 12.1 Å². The van der Waals surface area contributed by atoms with Gasteiger partial charge in [0, 0.05) is 28.3 Å². The molecule has 9 heteroatoms. The van der Waals surface area contributed by atoms with E-state index in [1.807, 2.05) is 13.8 Å². The highest BCUT2D eigenvalue weighted by molar-refractivity contribution is 7.89. The minimum absolute atomic E-state index is 0.134. The van der Waals surface area contributed by atoms with Gasteiger partial charge in [0.2, 0.25) is 0 Å². The fraction of sp³-hybridized carbons (Fsp3) is 0.250. The van der Waals surface area contributed by atoms with E-state index in [4.69, 9.17) is 16.0 Å². The zero-order valence-corrected chi connectivity index (χ0v) is 20.1. The second-order valence-electron chi connectivity index (χ2n) is 8.04. The molecular weight excluding hydrogens is 462 g/mol. The number of aryl methyl sites for hydroxylation is 2. The van der Waals surface area contributed by atoms with Gasteiger partial charge in [-0.2, -0.15) is 18.4 Å². The maximum Gasteiger partial charge on any atom is 0.291 e. The van der Waals surface area contributed by atoms with Crippen LogP contribution < -0.4 is 10.1 Å². The van der Waals surface area contributed by atoms with Crippen molar-refractivity contribution in [2.24, 2.45) is 5.10 Å². The quantitative estimate of drug-likeness (QED) is 0.489. The summed E-state index contributed by atoms with van der Waals surface area (Å²) in [5.41, 5.74) is 4.17. The lowest BCUT2D eigenvalue weighted by atomic mass is 9.93. The lowest BCUT2D eigenvalue weighted by Crippen LogP contribution is -2.22. The van der Waals surface area contributed by atoms with Gasteiger partial charge in [-0.05, 0) is 63.4 Å². The first-order valence-corrected chi connectivity index (χ1v) is 12.4. The monoisotopic (exact) mass is 485 g/mol. The SMILES string of the molecule is Cc1ccc(S(=O)(=O)N/N=C2\CCCc3oc(C(=O)Nc4cccc(Cl)c4C)c(C)c32)cc1. The number of hydrazone groups is 1. The first-order chi connectivity index (χ1) is 15.7. The molecule has 3 aromatic rings. The Morgan fingerprint density at radius 2 is 1.76 bits per heavy atom. The summed E-state index contributed by atoms with van der Waals surface area (Å²) in [4.78, 5) is 15.4. The van der Waals surface area contributed by atoms with E-state index >= 15 is 0 Å². The predicted molar refractivity (Wildman–Crippen MR) is 129 cm³/mol. The Bertz CT molecular complexity index is 1360. The topological polar surface area (TPSA) is 101 Å². The molecule has 1 amide bonds. The number of halogens is 1. The molecule has 0 aliphatic heterocycles. The molecule has 172 valence electrons. The fourth-order valence-corrected chi connectivity index (χ4v) is 4.81. The van der Waals surface area contributed by atoms with E-state index in [0.717, 1.165) is 17.5 Å². The molecule has 2 N–H and O–H groups in total. The molecule has 0 fully saturated rings. The van der Waals surface area contributed by atoms with Crippen molar-refractivity contribution in [3.63, 3.8) is 0 Å². The summed E-state index contributed by atoms with van der Waals surface area (Å²) in [6, 6.07) is 11.8. The molecule has 0 spiro atoms. The first-order valence-electron chi connectivity index (χ1n) is 10.5. The van der Waals surface area contributed by atoms with Crippen LogP contribution in [0, 0.1) is 20.8 Å². The summed E-state index contributed by atoms with van der Waals surface area (Å²) >= 11 is 6.15. The van der Waals surface area contributed by atoms with Crippen LogP contribution in [-0.4, -0.2) is 20.0 Å². The highest BCUT2D eigenvalue weighted by Crippen LogP contribution is 2.31. The number of hydrogen-bond acceptors (Lipinski definition) is 5. The first kappa shape index (κ1) is 23.1. The normalized spacial score (nSPS) is 14.7. The Kier molecular flexibility index (Phi) is 6.32. The van der Waals surface area contributed by atoms with E-state index in [9.17, 15) is 13.2 Å².